The van der Waals surface area contributed by atoms with Gasteiger partial charge in [0.25, 0.3) is 0 Å². The SMILES string of the molecule is Fc1ccc(Cn2c(Cl)nnc2C2CC2)cc1. The molecule has 0 aliphatic heterocycles. The van der Waals surface area contributed by atoms with Gasteiger partial charge < -0.3 is 0 Å². The highest BCUT2D eigenvalue weighted by Crippen LogP contribution is 2.39. The fourth-order valence-corrected chi connectivity index (χ4v) is 2.04. The smallest absolute Gasteiger partial charge is 0.225 e. The summed E-state index contributed by atoms with van der Waals surface area (Å²) in [6.07, 6.45) is 2.30. The summed E-state index contributed by atoms with van der Waals surface area (Å²) in [5, 5.41) is 8.39. The molecule has 88 valence electrons. The highest BCUT2D eigenvalue weighted by atomic mass is 35.5. The summed E-state index contributed by atoms with van der Waals surface area (Å²) in [6.45, 7) is 0.595. The van der Waals surface area contributed by atoms with E-state index in [-0.39, 0.29) is 5.82 Å². The van der Waals surface area contributed by atoms with E-state index in [1.165, 1.54) is 12.1 Å². The Bertz CT molecular complexity index is 531. The first-order chi connectivity index (χ1) is 8.24. The zero-order valence-electron chi connectivity index (χ0n) is 9.11. The minimum Gasteiger partial charge on any atom is -0.297 e. The number of nitrogens with zero attached hydrogens (tertiary/aromatic N) is 3. The summed E-state index contributed by atoms with van der Waals surface area (Å²) in [6, 6.07) is 6.40. The van der Waals surface area contributed by atoms with Crippen LogP contribution in [0.3, 0.4) is 0 Å². The molecule has 1 aromatic carbocycles. The van der Waals surface area contributed by atoms with Gasteiger partial charge >= 0.3 is 0 Å². The molecule has 0 bridgehead atoms. The molecule has 3 nitrogen and oxygen atoms in total. The van der Waals surface area contributed by atoms with Crippen LogP contribution in [-0.2, 0) is 6.54 Å². The van der Waals surface area contributed by atoms with Crippen molar-refractivity contribution in [2.45, 2.75) is 25.3 Å². The molecule has 0 N–H and O–H groups in total. The maximum atomic E-state index is 12.8. The molecular weight excluding hydrogens is 241 g/mol. The van der Waals surface area contributed by atoms with Gasteiger partial charge in [-0.3, -0.25) is 4.57 Å². The van der Waals surface area contributed by atoms with Crippen molar-refractivity contribution in [3.05, 3.63) is 46.8 Å². The molecule has 0 saturated heterocycles. The predicted octanol–water partition coefficient (Wildman–Crippen LogP) is 3.00. The minimum absolute atomic E-state index is 0.231. The van der Waals surface area contributed by atoms with E-state index in [1.54, 1.807) is 12.1 Å². The summed E-state index contributed by atoms with van der Waals surface area (Å²) in [7, 11) is 0. The van der Waals surface area contributed by atoms with E-state index < -0.39 is 0 Å². The van der Waals surface area contributed by atoms with Gasteiger partial charge in [-0.1, -0.05) is 12.1 Å². The topological polar surface area (TPSA) is 30.7 Å². The van der Waals surface area contributed by atoms with Crippen molar-refractivity contribution >= 4 is 11.6 Å². The normalized spacial score (nSPS) is 15.2. The van der Waals surface area contributed by atoms with Crippen LogP contribution in [0.15, 0.2) is 24.3 Å². The number of halogens is 2. The van der Waals surface area contributed by atoms with Gasteiger partial charge in [-0.25, -0.2) is 4.39 Å². The Morgan fingerprint density at radius 2 is 1.94 bits per heavy atom. The van der Waals surface area contributed by atoms with Crippen LogP contribution in [-0.4, -0.2) is 14.8 Å². The number of hydrogen-bond donors (Lipinski definition) is 0. The first kappa shape index (κ1) is 10.7. The largest absolute Gasteiger partial charge is 0.297 e. The molecule has 0 unspecified atom stereocenters. The number of rotatable bonds is 3. The minimum atomic E-state index is -0.231. The first-order valence-electron chi connectivity index (χ1n) is 5.57. The molecule has 1 aliphatic rings. The fourth-order valence-electron chi connectivity index (χ4n) is 1.86. The lowest BCUT2D eigenvalue weighted by Gasteiger charge is -2.07. The average molecular weight is 252 g/mol. The van der Waals surface area contributed by atoms with Gasteiger partial charge in [0.1, 0.15) is 11.6 Å². The van der Waals surface area contributed by atoms with Crippen molar-refractivity contribution in [1.82, 2.24) is 14.8 Å². The molecule has 5 heteroatoms. The molecule has 3 rings (SSSR count). The highest BCUT2D eigenvalue weighted by molar-refractivity contribution is 6.28. The summed E-state index contributed by atoms with van der Waals surface area (Å²) < 4.78 is 14.7. The molecule has 1 saturated carbocycles. The van der Waals surface area contributed by atoms with Crippen LogP contribution < -0.4 is 0 Å². The first-order valence-corrected chi connectivity index (χ1v) is 5.95. The summed E-state index contributed by atoms with van der Waals surface area (Å²) in [5.41, 5.74) is 0.995. The predicted molar refractivity (Wildman–Crippen MR) is 62.5 cm³/mol. The van der Waals surface area contributed by atoms with Gasteiger partial charge in [0.2, 0.25) is 5.28 Å². The Morgan fingerprint density at radius 3 is 2.59 bits per heavy atom. The molecule has 17 heavy (non-hydrogen) atoms. The molecule has 0 atom stereocenters. The molecule has 1 aromatic heterocycles. The second-order valence-electron chi connectivity index (χ2n) is 4.31. The van der Waals surface area contributed by atoms with E-state index in [0.29, 0.717) is 17.7 Å². The van der Waals surface area contributed by atoms with Crippen LogP contribution in [0.4, 0.5) is 4.39 Å². The van der Waals surface area contributed by atoms with Gasteiger partial charge in [-0.15, -0.1) is 10.2 Å². The zero-order chi connectivity index (χ0) is 11.8. The van der Waals surface area contributed by atoms with Gasteiger partial charge in [-0.05, 0) is 42.1 Å². The van der Waals surface area contributed by atoms with E-state index in [4.69, 9.17) is 11.6 Å². The standard InChI is InChI=1S/C12H11ClFN3/c13-12-16-15-11(9-3-4-9)17(12)7-8-1-5-10(14)6-2-8/h1-2,5-6,9H,3-4,7H2. The van der Waals surface area contributed by atoms with Gasteiger partial charge in [0.05, 0.1) is 6.54 Å². The van der Waals surface area contributed by atoms with Crippen molar-refractivity contribution in [3.8, 4) is 0 Å². The third kappa shape index (κ3) is 2.17. The number of aromatic nitrogens is 3. The molecular formula is C12H11ClFN3. The average Bonchev–Trinajstić information content (AvgIpc) is 3.10. The van der Waals surface area contributed by atoms with Crippen molar-refractivity contribution in [1.29, 1.82) is 0 Å². The van der Waals surface area contributed by atoms with E-state index in [1.807, 2.05) is 4.57 Å². The van der Waals surface area contributed by atoms with Gasteiger partial charge in [0.15, 0.2) is 0 Å². The van der Waals surface area contributed by atoms with Gasteiger partial charge in [-0.2, -0.15) is 0 Å². The fraction of sp³-hybridized carbons (Fsp3) is 0.333. The molecule has 1 heterocycles. The van der Waals surface area contributed by atoms with Crippen molar-refractivity contribution in [3.63, 3.8) is 0 Å². The zero-order valence-corrected chi connectivity index (χ0v) is 9.86. The maximum Gasteiger partial charge on any atom is 0.225 e. The molecule has 0 radical (unpaired) electrons. The highest BCUT2D eigenvalue weighted by Gasteiger charge is 2.29. The lowest BCUT2D eigenvalue weighted by molar-refractivity contribution is 0.626. The van der Waals surface area contributed by atoms with Crippen LogP contribution in [0.5, 0.6) is 0 Å². The van der Waals surface area contributed by atoms with Crippen LogP contribution in [0.25, 0.3) is 0 Å². The van der Waals surface area contributed by atoms with E-state index in [9.17, 15) is 4.39 Å². The Morgan fingerprint density at radius 1 is 1.24 bits per heavy atom. The Kier molecular flexibility index (Phi) is 2.59. The van der Waals surface area contributed by atoms with Crippen LogP contribution in [0, 0.1) is 5.82 Å². The van der Waals surface area contributed by atoms with Crippen LogP contribution in [0.2, 0.25) is 5.28 Å². The summed E-state index contributed by atoms with van der Waals surface area (Å²) >= 11 is 6.01. The molecule has 2 aromatic rings. The molecule has 0 spiro atoms. The molecule has 1 fully saturated rings. The number of hydrogen-bond acceptors (Lipinski definition) is 2. The van der Waals surface area contributed by atoms with Crippen molar-refractivity contribution < 1.29 is 4.39 Å². The maximum absolute atomic E-state index is 12.8. The second-order valence-corrected chi connectivity index (χ2v) is 4.65. The van der Waals surface area contributed by atoms with Gasteiger partial charge in [0, 0.05) is 5.92 Å². The molecule has 0 amide bonds. The quantitative estimate of drug-likeness (QED) is 0.840. The lowest BCUT2D eigenvalue weighted by atomic mass is 10.2. The third-order valence-corrected chi connectivity index (χ3v) is 3.21. The van der Waals surface area contributed by atoms with Crippen LogP contribution in [0.1, 0.15) is 30.1 Å². The van der Waals surface area contributed by atoms with Crippen molar-refractivity contribution in [2.75, 3.05) is 0 Å². The van der Waals surface area contributed by atoms with E-state index >= 15 is 0 Å². The Hall–Kier alpha value is -1.42. The Balaban J connectivity index is 1.89. The summed E-state index contributed by atoms with van der Waals surface area (Å²) in [5.74, 6) is 1.21. The lowest BCUT2D eigenvalue weighted by Crippen LogP contribution is -2.04. The molecule has 1 aliphatic carbocycles. The third-order valence-electron chi connectivity index (χ3n) is 2.93. The summed E-state index contributed by atoms with van der Waals surface area (Å²) in [4.78, 5) is 0. The number of benzene rings is 1. The van der Waals surface area contributed by atoms with Crippen LogP contribution >= 0.6 is 11.6 Å². The Labute approximate surface area is 103 Å². The second kappa shape index (κ2) is 4.11. The van der Waals surface area contributed by atoms with Crippen molar-refractivity contribution in [2.24, 2.45) is 0 Å². The monoisotopic (exact) mass is 251 g/mol. The van der Waals surface area contributed by atoms with E-state index in [0.717, 1.165) is 24.2 Å². The van der Waals surface area contributed by atoms with E-state index in [2.05, 4.69) is 10.2 Å².